The van der Waals surface area contributed by atoms with Crippen molar-refractivity contribution < 1.29 is 13.0 Å². The highest BCUT2D eigenvalue weighted by molar-refractivity contribution is 7.89. The Morgan fingerprint density at radius 1 is 1.38 bits per heavy atom. The molecule has 1 heterocycles. The molecule has 0 fully saturated rings. The second-order valence-electron chi connectivity index (χ2n) is 2.99. The summed E-state index contributed by atoms with van der Waals surface area (Å²) in [5, 5.41) is 7.14. The molecule has 0 aliphatic rings. The van der Waals surface area contributed by atoms with Crippen molar-refractivity contribution in [2.24, 2.45) is 0 Å². The van der Waals surface area contributed by atoms with E-state index in [1.165, 1.54) is 6.07 Å². The SMILES string of the molecule is O=S(=O)(NCC[S])c1cccc2nonc12. The van der Waals surface area contributed by atoms with Gasteiger partial charge >= 0.3 is 0 Å². The Hall–Kier alpha value is -1.12. The Bertz CT molecular complexity index is 593. The number of rotatable bonds is 4. The highest BCUT2D eigenvalue weighted by Crippen LogP contribution is 2.19. The molecule has 8 heteroatoms. The van der Waals surface area contributed by atoms with Crippen molar-refractivity contribution in [3.05, 3.63) is 18.2 Å². The second kappa shape index (κ2) is 4.40. The van der Waals surface area contributed by atoms with Crippen LogP contribution >= 0.6 is 12.6 Å². The quantitative estimate of drug-likeness (QED) is 0.872. The van der Waals surface area contributed by atoms with Crippen LogP contribution in [-0.2, 0) is 10.0 Å². The lowest BCUT2D eigenvalue weighted by Crippen LogP contribution is -2.25. The molecule has 1 N–H and O–H groups in total. The van der Waals surface area contributed by atoms with E-state index in [1.807, 2.05) is 0 Å². The van der Waals surface area contributed by atoms with E-state index < -0.39 is 10.0 Å². The predicted octanol–water partition coefficient (Wildman–Crippen LogP) is 0.699. The molecular formula is C8H8N3O3S2. The minimum atomic E-state index is -3.60. The fourth-order valence-electron chi connectivity index (χ4n) is 1.25. The number of hydrogen-bond acceptors (Lipinski definition) is 5. The fourth-order valence-corrected chi connectivity index (χ4v) is 2.66. The summed E-state index contributed by atoms with van der Waals surface area (Å²) in [5.74, 6) is 0.312. The topological polar surface area (TPSA) is 85.1 Å². The summed E-state index contributed by atoms with van der Waals surface area (Å²) < 4.78 is 30.5. The van der Waals surface area contributed by atoms with Gasteiger partial charge in [0, 0.05) is 12.3 Å². The number of aromatic nitrogens is 2. The molecule has 0 saturated heterocycles. The Balaban J connectivity index is 2.50. The zero-order valence-corrected chi connectivity index (χ0v) is 9.71. The van der Waals surface area contributed by atoms with Crippen LogP contribution in [0.25, 0.3) is 11.0 Å². The predicted molar refractivity (Wildman–Crippen MR) is 59.5 cm³/mol. The highest BCUT2D eigenvalue weighted by atomic mass is 32.2. The molecule has 0 bridgehead atoms. The van der Waals surface area contributed by atoms with Crippen molar-refractivity contribution >= 4 is 33.7 Å². The molecule has 1 aromatic heterocycles. The Labute approximate surface area is 97.4 Å². The van der Waals surface area contributed by atoms with Crippen molar-refractivity contribution in [1.29, 1.82) is 0 Å². The summed E-state index contributed by atoms with van der Waals surface area (Å²) >= 11 is 4.68. The van der Waals surface area contributed by atoms with Gasteiger partial charge in [-0.05, 0) is 22.4 Å². The van der Waals surface area contributed by atoms with Gasteiger partial charge in [0.25, 0.3) is 0 Å². The highest BCUT2D eigenvalue weighted by Gasteiger charge is 2.19. The Morgan fingerprint density at radius 2 is 2.19 bits per heavy atom. The van der Waals surface area contributed by atoms with Crippen LogP contribution in [0.1, 0.15) is 0 Å². The summed E-state index contributed by atoms with van der Waals surface area (Å²) in [4.78, 5) is 0.0506. The summed E-state index contributed by atoms with van der Waals surface area (Å²) in [6.45, 7) is 0.208. The smallest absolute Gasteiger partial charge is 0.242 e. The molecule has 2 rings (SSSR count). The first kappa shape index (κ1) is 11.4. The van der Waals surface area contributed by atoms with Gasteiger partial charge in [0.15, 0.2) is 5.52 Å². The molecule has 6 nitrogen and oxygen atoms in total. The van der Waals surface area contributed by atoms with Gasteiger partial charge < -0.3 is 0 Å². The molecule has 0 aliphatic carbocycles. The minimum absolute atomic E-state index is 0.0506. The van der Waals surface area contributed by atoms with Crippen molar-refractivity contribution in [2.45, 2.75) is 4.90 Å². The zero-order chi connectivity index (χ0) is 11.6. The molecule has 0 amide bonds. The third-order valence-corrected chi connectivity index (χ3v) is 3.63. The summed E-state index contributed by atoms with van der Waals surface area (Å²) in [7, 11) is -3.60. The Kier molecular flexibility index (Phi) is 3.13. The van der Waals surface area contributed by atoms with Crippen molar-refractivity contribution in [1.82, 2.24) is 15.0 Å². The third kappa shape index (κ3) is 2.04. The summed E-state index contributed by atoms with van der Waals surface area (Å²) in [6, 6.07) is 4.64. The van der Waals surface area contributed by atoms with Crippen LogP contribution in [-0.4, -0.2) is 31.0 Å². The zero-order valence-electron chi connectivity index (χ0n) is 8.08. The largest absolute Gasteiger partial charge is 0.243 e. The van der Waals surface area contributed by atoms with E-state index in [1.54, 1.807) is 12.1 Å². The number of benzene rings is 1. The van der Waals surface area contributed by atoms with Crippen LogP contribution in [0.3, 0.4) is 0 Å². The van der Waals surface area contributed by atoms with Gasteiger partial charge in [0.1, 0.15) is 10.4 Å². The van der Waals surface area contributed by atoms with Gasteiger partial charge in [0.2, 0.25) is 10.0 Å². The number of hydrogen-bond donors (Lipinski definition) is 1. The molecular weight excluding hydrogens is 250 g/mol. The van der Waals surface area contributed by atoms with Crippen LogP contribution in [0.5, 0.6) is 0 Å². The molecule has 1 aromatic carbocycles. The minimum Gasteiger partial charge on any atom is -0.243 e. The van der Waals surface area contributed by atoms with Gasteiger partial charge in [0.05, 0.1) is 0 Å². The number of nitrogens with one attached hydrogen (secondary N) is 1. The van der Waals surface area contributed by atoms with Crippen molar-refractivity contribution in [2.75, 3.05) is 12.3 Å². The van der Waals surface area contributed by atoms with Crippen molar-refractivity contribution in [3.63, 3.8) is 0 Å². The maximum atomic E-state index is 11.8. The standard InChI is InChI=1S/C8H8N3O3S2/c12-16(13,9-4-5-15)7-3-1-2-6-8(7)11-14-10-6/h1-3,9H,4-5H2. The average Bonchev–Trinajstić information content (AvgIpc) is 2.73. The maximum Gasteiger partial charge on any atom is 0.242 e. The van der Waals surface area contributed by atoms with Gasteiger partial charge in [-0.1, -0.05) is 18.7 Å². The van der Waals surface area contributed by atoms with Gasteiger partial charge in [-0.15, -0.1) is 0 Å². The van der Waals surface area contributed by atoms with Crippen LogP contribution in [0, 0.1) is 0 Å². The second-order valence-corrected chi connectivity index (χ2v) is 5.13. The molecule has 2 aromatic rings. The molecule has 0 unspecified atom stereocenters. The lowest BCUT2D eigenvalue weighted by atomic mass is 10.3. The summed E-state index contributed by atoms with van der Waals surface area (Å²) in [5.41, 5.74) is 0.626. The van der Waals surface area contributed by atoms with E-state index in [0.717, 1.165) is 0 Å². The van der Waals surface area contributed by atoms with E-state index in [9.17, 15) is 8.42 Å². The number of sulfonamides is 1. The monoisotopic (exact) mass is 258 g/mol. The first-order valence-corrected chi connectivity index (χ1v) is 6.50. The fraction of sp³-hybridized carbons (Fsp3) is 0.250. The average molecular weight is 258 g/mol. The summed E-state index contributed by atoms with van der Waals surface area (Å²) in [6.07, 6.45) is 0. The van der Waals surface area contributed by atoms with Crippen molar-refractivity contribution in [3.8, 4) is 0 Å². The molecule has 0 aliphatic heterocycles. The Morgan fingerprint density at radius 3 is 2.94 bits per heavy atom. The van der Waals surface area contributed by atoms with Crippen LogP contribution in [0.4, 0.5) is 0 Å². The first-order valence-electron chi connectivity index (χ1n) is 4.44. The maximum absolute atomic E-state index is 11.8. The van der Waals surface area contributed by atoms with Gasteiger partial charge in [-0.2, -0.15) is 0 Å². The lowest BCUT2D eigenvalue weighted by molar-refractivity contribution is 0.315. The van der Waals surface area contributed by atoms with E-state index in [0.29, 0.717) is 11.3 Å². The molecule has 16 heavy (non-hydrogen) atoms. The van der Waals surface area contributed by atoms with E-state index >= 15 is 0 Å². The number of fused-ring (bicyclic) bond motifs is 1. The molecule has 0 atom stereocenters. The van der Waals surface area contributed by atoms with Crippen LogP contribution < -0.4 is 4.72 Å². The lowest BCUT2D eigenvalue weighted by Gasteiger charge is -2.04. The molecule has 85 valence electrons. The first-order chi connectivity index (χ1) is 7.65. The van der Waals surface area contributed by atoms with E-state index in [4.69, 9.17) is 0 Å². The van der Waals surface area contributed by atoms with E-state index in [2.05, 4.69) is 32.3 Å². The molecule has 1 radical (unpaired) electrons. The van der Waals surface area contributed by atoms with Crippen LogP contribution in [0.2, 0.25) is 0 Å². The van der Waals surface area contributed by atoms with E-state index in [-0.39, 0.29) is 17.0 Å². The molecule has 0 spiro atoms. The molecule has 0 saturated carbocycles. The van der Waals surface area contributed by atoms with Crippen LogP contribution in [0.15, 0.2) is 27.7 Å². The third-order valence-electron chi connectivity index (χ3n) is 1.93. The van der Waals surface area contributed by atoms with Gasteiger partial charge in [-0.3, -0.25) is 0 Å². The normalized spacial score (nSPS) is 12.1. The van der Waals surface area contributed by atoms with Gasteiger partial charge in [-0.25, -0.2) is 17.8 Å². The number of nitrogens with zero attached hydrogens (tertiary/aromatic N) is 2.